The molecule has 1 saturated heterocycles. The number of hydrogen-bond acceptors (Lipinski definition) is 4. The summed E-state index contributed by atoms with van der Waals surface area (Å²) in [5, 5.41) is 2.91. The van der Waals surface area contributed by atoms with Gasteiger partial charge in [-0.3, -0.25) is 4.79 Å². The van der Waals surface area contributed by atoms with Crippen LogP contribution in [-0.4, -0.2) is 67.2 Å². The van der Waals surface area contributed by atoms with E-state index < -0.39 is 0 Å². The highest BCUT2D eigenvalue weighted by Gasteiger charge is 2.23. The Morgan fingerprint density at radius 1 is 1.04 bits per heavy atom. The van der Waals surface area contributed by atoms with Gasteiger partial charge in [-0.1, -0.05) is 6.07 Å². The van der Waals surface area contributed by atoms with E-state index in [9.17, 15) is 9.59 Å². The SMILES string of the molecule is CC(C)NC(=O)N1CCCN(C(=O)Cc2ccc3c(c2)OCCO3)CC1. The molecule has 2 aliphatic heterocycles. The van der Waals surface area contributed by atoms with E-state index in [0.717, 1.165) is 17.7 Å². The Morgan fingerprint density at radius 2 is 1.73 bits per heavy atom. The molecule has 1 aromatic carbocycles. The minimum absolute atomic E-state index is 0.0545. The van der Waals surface area contributed by atoms with Crippen LogP contribution in [0.15, 0.2) is 18.2 Å². The number of nitrogens with zero attached hydrogens (tertiary/aromatic N) is 2. The van der Waals surface area contributed by atoms with Gasteiger partial charge >= 0.3 is 6.03 Å². The molecule has 7 heteroatoms. The number of carbonyl (C=O) groups is 2. The normalized spacial score (nSPS) is 17.0. The highest BCUT2D eigenvalue weighted by atomic mass is 16.6. The molecule has 142 valence electrons. The summed E-state index contributed by atoms with van der Waals surface area (Å²) in [4.78, 5) is 28.5. The lowest BCUT2D eigenvalue weighted by Crippen LogP contribution is -2.45. The molecule has 0 radical (unpaired) electrons. The van der Waals surface area contributed by atoms with Gasteiger partial charge in [-0.15, -0.1) is 0 Å². The topological polar surface area (TPSA) is 71.1 Å². The Labute approximate surface area is 154 Å². The van der Waals surface area contributed by atoms with Crippen LogP contribution >= 0.6 is 0 Å². The van der Waals surface area contributed by atoms with Gasteiger partial charge in [-0.25, -0.2) is 4.79 Å². The second-order valence-corrected chi connectivity index (χ2v) is 6.98. The zero-order valence-corrected chi connectivity index (χ0v) is 15.5. The Balaban J connectivity index is 1.56. The molecule has 3 amide bonds. The van der Waals surface area contributed by atoms with Crippen LogP contribution in [-0.2, 0) is 11.2 Å². The van der Waals surface area contributed by atoms with E-state index in [1.165, 1.54) is 0 Å². The summed E-state index contributed by atoms with van der Waals surface area (Å²) in [5.41, 5.74) is 0.915. The van der Waals surface area contributed by atoms with Crippen molar-refractivity contribution < 1.29 is 19.1 Å². The molecule has 2 heterocycles. The number of fused-ring (bicyclic) bond motifs is 1. The van der Waals surface area contributed by atoms with Crippen LogP contribution in [0, 0.1) is 0 Å². The largest absolute Gasteiger partial charge is 0.486 e. The molecule has 7 nitrogen and oxygen atoms in total. The Bertz CT molecular complexity index is 662. The third kappa shape index (κ3) is 4.59. The molecule has 0 aliphatic carbocycles. The predicted molar refractivity (Wildman–Crippen MR) is 97.6 cm³/mol. The van der Waals surface area contributed by atoms with E-state index in [-0.39, 0.29) is 18.0 Å². The van der Waals surface area contributed by atoms with E-state index in [1.54, 1.807) is 4.90 Å². The summed E-state index contributed by atoms with van der Waals surface area (Å²) >= 11 is 0. The molecule has 26 heavy (non-hydrogen) atoms. The van der Waals surface area contributed by atoms with Gasteiger partial charge in [0, 0.05) is 32.2 Å². The number of hydrogen-bond donors (Lipinski definition) is 1. The highest BCUT2D eigenvalue weighted by Crippen LogP contribution is 2.31. The minimum atomic E-state index is -0.0545. The number of amides is 3. The summed E-state index contributed by atoms with van der Waals surface area (Å²) < 4.78 is 11.1. The smallest absolute Gasteiger partial charge is 0.317 e. The van der Waals surface area contributed by atoms with Crippen molar-refractivity contribution in [2.45, 2.75) is 32.7 Å². The van der Waals surface area contributed by atoms with Gasteiger partial charge in [0.25, 0.3) is 0 Å². The van der Waals surface area contributed by atoms with E-state index in [2.05, 4.69) is 5.32 Å². The maximum absolute atomic E-state index is 12.7. The van der Waals surface area contributed by atoms with Crippen molar-refractivity contribution >= 4 is 11.9 Å². The molecule has 0 spiro atoms. The summed E-state index contributed by atoms with van der Waals surface area (Å²) in [6.07, 6.45) is 1.12. The molecular weight excluding hydrogens is 334 g/mol. The quantitative estimate of drug-likeness (QED) is 0.889. The minimum Gasteiger partial charge on any atom is -0.486 e. The average molecular weight is 361 g/mol. The van der Waals surface area contributed by atoms with E-state index in [0.29, 0.717) is 51.6 Å². The Hall–Kier alpha value is -2.44. The number of nitrogens with one attached hydrogen (secondary N) is 1. The van der Waals surface area contributed by atoms with Crippen molar-refractivity contribution in [3.8, 4) is 11.5 Å². The molecule has 3 rings (SSSR count). The van der Waals surface area contributed by atoms with E-state index >= 15 is 0 Å². The summed E-state index contributed by atoms with van der Waals surface area (Å²) in [5.74, 6) is 1.51. The fourth-order valence-electron chi connectivity index (χ4n) is 3.19. The first-order chi connectivity index (χ1) is 12.5. The molecule has 0 atom stereocenters. The zero-order chi connectivity index (χ0) is 18.5. The van der Waals surface area contributed by atoms with E-state index in [1.807, 2.05) is 36.9 Å². The third-order valence-corrected chi connectivity index (χ3v) is 4.51. The fourth-order valence-corrected chi connectivity index (χ4v) is 3.19. The second-order valence-electron chi connectivity index (χ2n) is 6.98. The summed E-state index contributed by atoms with van der Waals surface area (Å²) in [6, 6.07) is 5.70. The van der Waals surface area contributed by atoms with Crippen LogP contribution in [0.1, 0.15) is 25.8 Å². The summed E-state index contributed by atoms with van der Waals surface area (Å²) in [6.45, 7) is 7.45. The van der Waals surface area contributed by atoms with Gasteiger partial charge in [0.1, 0.15) is 13.2 Å². The molecule has 1 aromatic rings. The molecule has 0 bridgehead atoms. The van der Waals surface area contributed by atoms with Crippen molar-refractivity contribution in [1.82, 2.24) is 15.1 Å². The molecule has 0 unspecified atom stereocenters. The predicted octanol–water partition coefficient (Wildman–Crippen LogP) is 1.65. The number of rotatable bonds is 3. The summed E-state index contributed by atoms with van der Waals surface area (Å²) in [7, 11) is 0. The molecule has 0 saturated carbocycles. The van der Waals surface area contributed by atoms with Crippen molar-refractivity contribution in [1.29, 1.82) is 0 Å². The maximum Gasteiger partial charge on any atom is 0.317 e. The molecular formula is C19H27N3O4. The van der Waals surface area contributed by atoms with Gasteiger partial charge in [0.15, 0.2) is 11.5 Å². The molecule has 0 aromatic heterocycles. The average Bonchev–Trinajstić information content (AvgIpc) is 2.87. The monoisotopic (exact) mass is 361 g/mol. The first kappa shape index (κ1) is 18.4. The molecule has 1 fully saturated rings. The standard InChI is InChI=1S/C19H27N3O4/c1-14(2)20-19(24)22-7-3-6-21(8-9-22)18(23)13-15-4-5-16-17(12-15)26-11-10-25-16/h4-5,12,14H,3,6-11,13H2,1-2H3,(H,20,24). The van der Waals surface area contributed by atoms with Crippen LogP contribution in [0.25, 0.3) is 0 Å². The number of urea groups is 1. The first-order valence-electron chi connectivity index (χ1n) is 9.24. The third-order valence-electron chi connectivity index (χ3n) is 4.51. The van der Waals surface area contributed by atoms with Crippen molar-refractivity contribution in [3.63, 3.8) is 0 Å². The van der Waals surface area contributed by atoms with Crippen molar-refractivity contribution in [3.05, 3.63) is 23.8 Å². The van der Waals surface area contributed by atoms with Gasteiger partial charge in [-0.05, 0) is 38.0 Å². The van der Waals surface area contributed by atoms with Gasteiger partial charge in [0.2, 0.25) is 5.91 Å². The van der Waals surface area contributed by atoms with Crippen LogP contribution in [0.3, 0.4) is 0 Å². The Kier molecular flexibility index (Phi) is 5.85. The lowest BCUT2D eigenvalue weighted by atomic mass is 10.1. The lowest BCUT2D eigenvalue weighted by Gasteiger charge is -2.23. The van der Waals surface area contributed by atoms with Gasteiger partial charge in [0.05, 0.1) is 6.42 Å². The van der Waals surface area contributed by atoms with Crippen LogP contribution in [0.5, 0.6) is 11.5 Å². The first-order valence-corrected chi connectivity index (χ1v) is 9.24. The van der Waals surface area contributed by atoms with Crippen LogP contribution in [0.2, 0.25) is 0 Å². The fraction of sp³-hybridized carbons (Fsp3) is 0.579. The number of benzene rings is 1. The van der Waals surface area contributed by atoms with Crippen molar-refractivity contribution in [2.75, 3.05) is 39.4 Å². The molecule has 1 N–H and O–H groups in total. The lowest BCUT2D eigenvalue weighted by molar-refractivity contribution is -0.130. The number of ether oxygens (including phenoxy) is 2. The van der Waals surface area contributed by atoms with E-state index in [4.69, 9.17) is 9.47 Å². The molecule has 2 aliphatic rings. The Morgan fingerprint density at radius 3 is 2.50 bits per heavy atom. The van der Waals surface area contributed by atoms with Crippen molar-refractivity contribution in [2.24, 2.45) is 0 Å². The van der Waals surface area contributed by atoms with Crippen LogP contribution in [0.4, 0.5) is 4.79 Å². The van der Waals surface area contributed by atoms with Gasteiger partial charge < -0.3 is 24.6 Å². The van der Waals surface area contributed by atoms with Gasteiger partial charge in [-0.2, -0.15) is 0 Å². The number of carbonyl (C=O) groups excluding carboxylic acids is 2. The zero-order valence-electron chi connectivity index (χ0n) is 15.5. The second kappa shape index (κ2) is 8.29. The maximum atomic E-state index is 12.7. The highest BCUT2D eigenvalue weighted by molar-refractivity contribution is 5.79. The van der Waals surface area contributed by atoms with Crippen LogP contribution < -0.4 is 14.8 Å².